The summed E-state index contributed by atoms with van der Waals surface area (Å²) in [5, 5.41) is 12.2. The van der Waals surface area contributed by atoms with Crippen LogP contribution >= 0.6 is 0 Å². The molecule has 1 unspecified atom stereocenters. The molecular weight excluding hydrogens is 272 g/mol. The zero-order chi connectivity index (χ0) is 15.5. The number of nitrogens with one attached hydrogen (secondary N) is 1. The molecule has 1 saturated carbocycles. The van der Waals surface area contributed by atoms with Gasteiger partial charge in [-0.05, 0) is 44.9 Å². The van der Waals surface area contributed by atoms with Crippen LogP contribution in [-0.2, 0) is 9.53 Å². The third kappa shape index (κ3) is 3.87. The average molecular weight is 298 g/mol. The molecule has 2 N–H and O–H groups in total. The highest BCUT2D eigenvalue weighted by molar-refractivity contribution is 5.79. The van der Waals surface area contributed by atoms with Gasteiger partial charge in [-0.25, -0.2) is 4.79 Å². The van der Waals surface area contributed by atoms with Crippen LogP contribution in [0.3, 0.4) is 0 Å². The number of hydrogen-bond donors (Lipinski definition) is 2. The van der Waals surface area contributed by atoms with E-state index in [0.29, 0.717) is 26.1 Å². The van der Waals surface area contributed by atoms with Gasteiger partial charge in [0.25, 0.3) is 0 Å². The van der Waals surface area contributed by atoms with E-state index >= 15 is 0 Å². The maximum atomic E-state index is 12.2. The van der Waals surface area contributed by atoms with Crippen LogP contribution < -0.4 is 5.32 Å². The van der Waals surface area contributed by atoms with Gasteiger partial charge in [0, 0.05) is 32.8 Å². The van der Waals surface area contributed by atoms with E-state index < -0.39 is 11.4 Å². The highest BCUT2D eigenvalue weighted by Gasteiger charge is 2.44. The Labute approximate surface area is 125 Å². The number of carbonyl (C=O) groups is 2. The number of rotatable bonds is 7. The Morgan fingerprint density at radius 1 is 1.33 bits per heavy atom. The number of carbonyl (C=O) groups excluding carboxylic acids is 1. The number of carboxylic acids is 1. The molecule has 0 radical (unpaired) electrons. The lowest BCUT2D eigenvalue weighted by molar-refractivity contribution is -0.147. The predicted octanol–water partition coefficient (Wildman–Crippen LogP) is 1.70. The summed E-state index contributed by atoms with van der Waals surface area (Å²) in [4.78, 5) is 25.0. The molecular formula is C15H26N2O4. The second-order valence-corrected chi connectivity index (χ2v) is 6.64. The first-order chi connectivity index (χ1) is 9.91. The minimum Gasteiger partial charge on any atom is -0.481 e. The second-order valence-electron chi connectivity index (χ2n) is 6.64. The normalized spacial score (nSPS) is 26.7. The number of ether oxygens (including phenoxy) is 1. The average Bonchev–Trinajstić information content (AvgIpc) is 3.10. The third-order valence-corrected chi connectivity index (χ3v) is 4.83. The lowest BCUT2D eigenvalue weighted by Gasteiger charge is -2.22. The molecule has 1 heterocycles. The van der Waals surface area contributed by atoms with E-state index in [1.807, 2.05) is 6.92 Å². The van der Waals surface area contributed by atoms with Crippen molar-refractivity contribution in [1.29, 1.82) is 0 Å². The van der Waals surface area contributed by atoms with Crippen LogP contribution in [0.25, 0.3) is 0 Å². The van der Waals surface area contributed by atoms with Crippen LogP contribution in [0.15, 0.2) is 0 Å². The lowest BCUT2D eigenvalue weighted by atomic mass is 9.90. The molecule has 6 nitrogen and oxygen atoms in total. The Kier molecular flexibility index (Phi) is 4.76. The molecule has 1 aliphatic carbocycles. The van der Waals surface area contributed by atoms with E-state index in [2.05, 4.69) is 5.32 Å². The third-order valence-electron chi connectivity index (χ3n) is 4.83. The largest absolute Gasteiger partial charge is 0.481 e. The molecule has 2 amide bonds. The molecule has 1 saturated heterocycles. The van der Waals surface area contributed by atoms with Gasteiger partial charge >= 0.3 is 12.0 Å². The molecule has 1 atom stereocenters. The summed E-state index contributed by atoms with van der Waals surface area (Å²) in [6.45, 7) is 6.62. The van der Waals surface area contributed by atoms with Crippen LogP contribution in [-0.4, -0.2) is 54.9 Å². The van der Waals surface area contributed by atoms with Gasteiger partial charge in [-0.3, -0.25) is 4.79 Å². The van der Waals surface area contributed by atoms with Crippen molar-refractivity contribution >= 4 is 12.0 Å². The molecule has 0 aromatic carbocycles. The van der Waals surface area contributed by atoms with Crippen molar-refractivity contribution < 1.29 is 19.4 Å². The summed E-state index contributed by atoms with van der Waals surface area (Å²) >= 11 is 0. The van der Waals surface area contributed by atoms with Crippen molar-refractivity contribution in [2.24, 2.45) is 10.8 Å². The zero-order valence-corrected chi connectivity index (χ0v) is 13.0. The van der Waals surface area contributed by atoms with Gasteiger partial charge in [0.1, 0.15) is 0 Å². The van der Waals surface area contributed by atoms with Gasteiger partial charge in [-0.15, -0.1) is 0 Å². The number of amides is 2. The van der Waals surface area contributed by atoms with E-state index in [1.54, 1.807) is 11.8 Å². The van der Waals surface area contributed by atoms with E-state index in [9.17, 15) is 14.7 Å². The lowest BCUT2D eigenvalue weighted by Crippen LogP contribution is -2.43. The van der Waals surface area contributed by atoms with Crippen LogP contribution in [0.4, 0.5) is 4.79 Å². The standard InChI is InChI=1S/C15H26N2O4/c1-3-21-9-7-15(4-5-15)10-16-13(20)17-8-6-14(2,11-17)12(18)19/h3-11H2,1-2H3,(H,16,20)(H,18,19). The van der Waals surface area contributed by atoms with Gasteiger partial charge in [0.2, 0.25) is 0 Å². The molecule has 2 rings (SSSR count). The predicted molar refractivity (Wildman–Crippen MR) is 78.1 cm³/mol. The van der Waals surface area contributed by atoms with E-state index in [4.69, 9.17) is 4.74 Å². The molecule has 120 valence electrons. The minimum absolute atomic E-state index is 0.136. The molecule has 2 aliphatic rings. The maximum Gasteiger partial charge on any atom is 0.317 e. The Morgan fingerprint density at radius 3 is 2.57 bits per heavy atom. The highest BCUT2D eigenvalue weighted by Crippen LogP contribution is 2.48. The van der Waals surface area contributed by atoms with Crippen molar-refractivity contribution in [3.63, 3.8) is 0 Å². The Balaban J connectivity index is 1.74. The fourth-order valence-electron chi connectivity index (χ4n) is 2.81. The second kappa shape index (κ2) is 6.22. The summed E-state index contributed by atoms with van der Waals surface area (Å²) in [5.74, 6) is -0.826. The van der Waals surface area contributed by atoms with Crippen molar-refractivity contribution in [3.05, 3.63) is 0 Å². The monoisotopic (exact) mass is 298 g/mol. The smallest absolute Gasteiger partial charge is 0.317 e. The molecule has 21 heavy (non-hydrogen) atoms. The molecule has 6 heteroatoms. The number of hydrogen-bond acceptors (Lipinski definition) is 3. The van der Waals surface area contributed by atoms with Crippen LogP contribution in [0.1, 0.15) is 39.5 Å². The number of carboxylic acid groups (broad SMARTS) is 1. The van der Waals surface area contributed by atoms with Crippen molar-refractivity contribution in [1.82, 2.24) is 10.2 Å². The molecule has 1 aliphatic heterocycles. The number of urea groups is 1. The van der Waals surface area contributed by atoms with E-state index in [1.165, 1.54) is 0 Å². The Hall–Kier alpha value is -1.30. The minimum atomic E-state index is -0.826. The first-order valence-corrected chi connectivity index (χ1v) is 7.75. The van der Waals surface area contributed by atoms with Crippen molar-refractivity contribution in [2.45, 2.75) is 39.5 Å². The van der Waals surface area contributed by atoms with Gasteiger partial charge < -0.3 is 20.1 Å². The fourth-order valence-corrected chi connectivity index (χ4v) is 2.81. The Bertz CT molecular complexity index is 408. The molecule has 0 aromatic heterocycles. The summed E-state index contributed by atoms with van der Waals surface area (Å²) in [5.41, 5.74) is -0.593. The molecule has 0 bridgehead atoms. The number of aliphatic carboxylic acids is 1. The summed E-state index contributed by atoms with van der Waals surface area (Å²) < 4.78 is 5.38. The van der Waals surface area contributed by atoms with Gasteiger partial charge in [-0.2, -0.15) is 0 Å². The van der Waals surface area contributed by atoms with E-state index in [0.717, 1.165) is 32.5 Å². The first-order valence-electron chi connectivity index (χ1n) is 7.75. The highest BCUT2D eigenvalue weighted by atomic mass is 16.5. The van der Waals surface area contributed by atoms with Gasteiger partial charge in [-0.1, -0.05) is 0 Å². The van der Waals surface area contributed by atoms with E-state index in [-0.39, 0.29) is 11.4 Å². The van der Waals surface area contributed by atoms with Crippen molar-refractivity contribution in [2.75, 3.05) is 32.8 Å². The number of likely N-dealkylation sites (tertiary alicyclic amines) is 1. The van der Waals surface area contributed by atoms with Gasteiger partial charge in [0.15, 0.2) is 0 Å². The molecule has 0 spiro atoms. The topological polar surface area (TPSA) is 78.9 Å². The summed E-state index contributed by atoms with van der Waals surface area (Å²) in [7, 11) is 0. The molecule has 2 fully saturated rings. The quantitative estimate of drug-likeness (QED) is 0.701. The first kappa shape index (κ1) is 16.1. The molecule has 0 aromatic rings. The number of nitrogens with zero attached hydrogens (tertiary/aromatic N) is 1. The van der Waals surface area contributed by atoms with Crippen LogP contribution in [0.2, 0.25) is 0 Å². The van der Waals surface area contributed by atoms with Gasteiger partial charge in [0.05, 0.1) is 5.41 Å². The fraction of sp³-hybridized carbons (Fsp3) is 0.867. The SMILES string of the molecule is CCOCCC1(CNC(=O)N2CCC(C)(C(=O)O)C2)CC1. The summed E-state index contributed by atoms with van der Waals surface area (Å²) in [6, 6.07) is -0.136. The summed E-state index contributed by atoms with van der Waals surface area (Å²) in [6.07, 6.45) is 3.76. The van der Waals surface area contributed by atoms with Crippen LogP contribution in [0.5, 0.6) is 0 Å². The van der Waals surface area contributed by atoms with Crippen molar-refractivity contribution in [3.8, 4) is 0 Å². The van der Waals surface area contributed by atoms with Crippen LogP contribution in [0, 0.1) is 10.8 Å². The maximum absolute atomic E-state index is 12.2. The Morgan fingerprint density at radius 2 is 2.05 bits per heavy atom. The zero-order valence-electron chi connectivity index (χ0n) is 13.0.